The lowest BCUT2D eigenvalue weighted by atomic mass is 10.1. The number of hydrazine groups is 1. The first-order chi connectivity index (χ1) is 8.54. The van der Waals surface area contributed by atoms with E-state index in [1.54, 1.807) is 18.0 Å². The molecule has 18 heavy (non-hydrogen) atoms. The number of carbonyl (C=O) groups excluding carboxylic acids is 1. The third-order valence-electron chi connectivity index (χ3n) is 3.04. The van der Waals surface area contributed by atoms with Gasteiger partial charge < -0.3 is 10.3 Å². The van der Waals surface area contributed by atoms with Gasteiger partial charge in [0.25, 0.3) is 5.91 Å². The van der Waals surface area contributed by atoms with Crippen LogP contribution in [0.3, 0.4) is 0 Å². The van der Waals surface area contributed by atoms with Crippen LogP contribution in [0.1, 0.15) is 37.0 Å². The summed E-state index contributed by atoms with van der Waals surface area (Å²) in [5.74, 6) is 5.51. The van der Waals surface area contributed by atoms with Gasteiger partial charge in [0.2, 0.25) is 0 Å². The third-order valence-corrected chi connectivity index (χ3v) is 3.32. The Morgan fingerprint density at radius 2 is 2.17 bits per heavy atom. The van der Waals surface area contributed by atoms with Gasteiger partial charge in [0.15, 0.2) is 5.82 Å². The number of carbonyl (C=O) groups is 1. The molecule has 100 valence electrons. The van der Waals surface area contributed by atoms with Crippen molar-refractivity contribution in [1.29, 1.82) is 0 Å². The maximum absolute atomic E-state index is 12.2. The molecule has 5 nitrogen and oxygen atoms in total. The van der Waals surface area contributed by atoms with E-state index < -0.39 is 0 Å². The Balaban J connectivity index is 2.93. The quantitative estimate of drug-likeness (QED) is 0.636. The van der Waals surface area contributed by atoms with E-state index in [-0.39, 0.29) is 11.9 Å². The van der Waals surface area contributed by atoms with Gasteiger partial charge in [0.05, 0.1) is 10.6 Å². The highest BCUT2D eigenvalue weighted by molar-refractivity contribution is 6.33. The van der Waals surface area contributed by atoms with Gasteiger partial charge in [-0.25, -0.2) is 10.8 Å². The second kappa shape index (κ2) is 6.56. The zero-order valence-corrected chi connectivity index (χ0v) is 11.7. The van der Waals surface area contributed by atoms with E-state index in [1.807, 2.05) is 0 Å². The van der Waals surface area contributed by atoms with E-state index in [0.717, 1.165) is 12.8 Å². The first kappa shape index (κ1) is 14.7. The highest BCUT2D eigenvalue weighted by atomic mass is 35.5. The van der Waals surface area contributed by atoms with E-state index >= 15 is 0 Å². The zero-order chi connectivity index (χ0) is 13.7. The van der Waals surface area contributed by atoms with Crippen LogP contribution in [0.2, 0.25) is 5.02 Å². The lowest BCUT2D eigenvalue weighted by Gasteiger charge is -2.26. The Labute approximate surface area is 112 Å². The number of aromatic nitrogens is 1. The Morgan fingerprint density at radius 3 is 2.61 bits per heavy atom. The second-order valence-corrected chi connectivity index (χ2v) is 4.49. The van der Waals surface area contributed by atoms with Crippen molar-refractivity contribution >= 4 is 23.3 Å². The van der Waals surface area contributed by atoms with Crippen LogP contribution < -0.4 is 11.3 Å². The normalized spacial score (nSPS) is 10.6. The van der Waals surface area contributed by atoms with Crippen LogP contribution in [0.5, 0.6) is 0 Å². The van der Waals surface area contributed by atoms with E-state index in [1.165, 1.54) is 6.20 Å². The number of nitrogens with one attached hydrogen (secondary N) is 1. The fraction of sp³-hybridized carbons (Fsp3) is 0.500. The first-order valence-electron chi connectivity index (χ1n) is 5.94. The van der Waals surface area contributed by atoms with E-state index in [9.17, 15) is 4.79 Å². The summed E-state index contributed by atoms with van der Waals surface area (Å²) in [6.45, 7) is 4.12. The van der Waals surface area contributed by atoms with Crippen LogP contribution in [0.25, 0.3) is 0 Å². The highest BCUT2D eigenvalue weighted by Gasteiger charge is 2.19. The minimum atomic E-state index is -0.0818. The number of pyridine rings is 1. The molecule has 0 unspecified atom stereocenters. The Morgan fingerprint density at radius 1 is 1.56 bits per heavy atom. The number of nitrogens with two attached hydrogens (primary N) is 1. The molecule has 0 radical (unpaired) electrons. The monoisotopic (exact) mass is 270 g/mol. The topological polar surface area (TPSA) is 71.2 Å². The molecule has 6 heteroatoms. The van der Waals surface area contributed by atoms with Crippen molar-refractivity contribution < 1.29 is 4.79 Å². The van der Waals surface area contributed by atoms with Crippen LogP contribution in [0.4, 0.5) is 5.82 Å². The van der Waals surface area contributed by atoms with Crippen LogP contribution >= 0.6 is 11.6 Å². The lowest BCUT2D eigenvalue weighted by Crippen LogP contribution is -2.36. The molecule has 3 N–H and O–H groups in total. The van der Waals surface area contributed by atoms with Gasteiger partial charge in [-0.3, -0.25) is 4.79 Å². The molecule has 0 bridgehead atoms. The number of nitrogen functional groups attached to an aromatic ring is 1. The van der Waals surface area contributed by atoms with Gasteiger partial charge in [0.1, 0.15) is 0 Å². The number of nitrogens with zero attached hydrogens (tertiary/aromatic N) is 2. The minimum Gasteiger partial charge on any atom is -0.339 e. The number of anilines is 1. The van der Waals surface area contributed by atoms with Gasteiger partial charge in [0, 0.05) is 19.3 Å². The maximum atomic E-state index is 12.2. The molecule has 1 rings (SSSR count). The van der Waals surface area contributed by atoms with Gasteiger partial charge >= 0.3 is 0 Å². The predicted octanol–water partition coefficient (Wildman–Crippen LogP) is 2.28. The van der Waals surface area contributed by atoms with Gasteiger partial charge in [-0.15, -0.1) is 0 Å². The van der Waals surface area contributed by atoms with E-state index in [0.29, 0.717) is 16.4 Å². The number of hydrogen-bond donors (Lipinski definition) is 2. The summed E-state index contributed by atoms with van der Waals surface area (Å²) in [7, 11) is 1.79. The molecule has 0 spiro atoms. The number of hydrogen-bond acceptors (Lipinski definition) is 4. The maximum Gasteiger partial charge on any atom is 0.255 e. The van der Waals surface area contributed by atoms with Gasteiger partial charge in [-0.2, -0.15) is 0 Å². The van der Waals surface area contributed by atoms with Crippen LogP contribution in [0, 0.1) is 0 Å². The summed E-state index contributed by atoms with van der Waals surface area (Å²) < 4.78 is 0. The third kappa shape index (κ3) is 3.11. The van der Waals surface area contributed by atoms with Gasteiger partial charge in [-0.1, -0.05) is 25.4 Å². The molecule has 0 saturated heterocycles. The molecule has 0 saturated carbocycles. The number of amides is 1. The van der Waals surface area contributed by atoms with E-state index in [4.69, 9.17) is 17.4 Å². The molecular formula is C12H19ClN4O. The average molecular weight is 271 g/mol. The minimum absolute atomic E-state index is 0.0818. The predicted molar refractivity (Wildman–Crippen MR) is 73.5 cm³/mol. The van der Waals surface area contributed by atoms with Crippen LogP contribution in [-0.4, -0.2) is 28.9 Å². The standard InChI is InChI=1S/C12H19ClN4O/c1-4-9(5-2)17(3)12(18)8-6-10(13)11(16-14)15-7-8/h6-7,9H,4-5,14H2,1-3H3,(H,15,16). The highest BCUT2D eigenvalue weighted by Crippen LogP contribution is 2.20. The second-order valence-electron chi connectivity index (χ2n) is 4.09. The molecule has 1 aromatic heterocycles. The van der Waals surface area contributed by atoms with Crippen molar-refractivity contribution in [2.45, 2.75) is 32.7 Å². The zero-order valence-electron chi connectivity index (χ0n) is 10.9. The van der Waals surface area contributed by atoms with Gasteiger partial charge in [-0.05, 0) is 18.9 Å². The summed E-state index contributed by atoms with van der Waals surface area (Å²) in [6, 6.07) is 1.80. The smallest absolute Gasteiger partial charge is 0.255 e. The molecule has 0 aliphatic carbocycles. The largest absolute Gasteiger partial charge is 0.339 e. The summed E-state index contributed by atoms with van der Waals surface area (Å²) >= 11 is 5.95. The van der Waals surface area contributed by atoms with Crippen molar-refractivity contribution in [3.63, 3.8) is 0 Å². The van der Waals surface area contributed by atoms with Crippen molar-refractivity contribution in [2.24, 2.45) is 5.84 Å². The van der Waals surface area contributed by atoms with Crippen molar-refractivity contribution in [2.75, 3.05) is 12.5 Å². The van der Waals surface area contributed by atoms with Crippen molar-refractivity contribution in [3.05, 3.63) is 22.8 Å². The van der Waals surface area contributed by atoms with E-state index in [2.05, 4.69) is 24.3 Å². The van der Waals surface area contributed by atoms with Crippen LogP contribution in [0.15, 0.2) is 12.3 Å². The average Bonchev–Trinajstić information content (AvgIpc) is 2.39. The summed E-state index contributed by atoms with van der Waals surface area (Å²) in [4.78, 5) is 18.0. The fourth-order valence-corrected chi connectivity index (χ4v) is 2.09. The molecular weight excluding hydrogens is 252 g/mol. The fourth-order valence-electron chi connectivity index (χ4n) is 1.87. The summed E-state index contributed by atoms with van der Waals surface area (Å²) in [5.41, 5.74) is 2.83. The number of halogens is 1. The van der Waals surface area contributed by atoms with Crippen molar-refractivity contribution in [3.8, 4) is 0 Å². The van der Waals surface area contributed by atoms with Crippen molar-refractivity contribution in [1.82, 2.24) is 9.88 Å². The Hall–Kier alpha value is -1.33. The molecule has 0 aliphatic heterocycles. The molecule has 0 fully saturated rings. The molecule has 1 amide bonds. The summed E-state index contributed by atoms with van der Waals surface area (Å²) in [6.07, 6.45) is 3.31. The Kier molecular flexibility index (Phi) is 5.37. The SMILES string of the molecule is CCC(CC)N(C)C(=O)c1cnc(NN)c(Cl)c1. The molecule has 0 aliphatic rings. The number of rotatable bonds is 5. The summed E-state index contributed by atoms with van der Waals surface area (Å²) in [5, 5.41) is 0.335. The molecule has 1 heterocycles. The first-order valence-corrected chi connectivity index (χ1v) is 6.32. The van der Waals surface area contributed by atoms with Crippen LogP contribution in [-0.2, 0) is 0 Å². The molecule has 0 aromatic carbocycles. The Bertz CT molecular complexity index is 421. The molecule has 0 atom stereocenters. The molecule has 1 aromatic rings. The lowest BCUT2D eigenvalue weighted by molar-refractivity contribution is 0.0723.